The fourth-order valence-electron chi connectivity index (χ4n) is 2.39. The average molecular weight is 248 g/mol. The van der Waals surface area contributed by atoms with Crippen molar-refractivity contribution in [3.63, 3.8) is 0 Å². The molecular formula is C15H20O3. The van der Waals surface area contributed by atoms with Gasteiger partial charge < -0.3 is 14.2 Å². The molecule has 3 nitrogen and oxygen atoms in total. The molecule has 1 aromatic rings. The summed E-state index contributed by atoms with van der Waals surface area (Å²) in [7, 11) is 4.91. The van der Waals surface area contributed by atoms with Crippen LogP contribution in [-0.4, -0.2) is 21.3 Å². The molecule has 1 aliphatic rings. The van der Waals surface area contributed by atoms with Crippen LogP contribution in [0.4, 0.5) is 0 Å². The second-order valence-corrected chi connectivity index (χ2v) is 4.47. The van der Waals surface area contributed by atoms with Gasteiger partial charge >= 0.3 is 0 Å². The van der Waals surface area contributed by atoms with Gasteiger partial charge in [-0.1, -0.05) is 11.6 Å². The van der Waals surface area contributed by atoms with E-state index in [0.29, 0.717) is 17.2 Å². The Morgan fingerprint density at radius 2 is 1.44 bits per heavy atom. The summed E-state index contributed by atoms with van der Waals surface area (Å²) in [6.45, 7) is 0. The van der Waals surface area contributed by atoms with Crippen molar-refractivity contribution in [3.05, 3.63) is 23.3 Å². The van der Waals surface area contributed by atoms with E-state index in [0.717, 1.165) is 5.56 Å². The van der Waals surface area contributed by atoms with E-state index in [1.165, 1.54) is 31.3 Å². The van der Waals surface area contributed by atoms with Crippen molar-refractivity contribution >= 4 is 6.08 Å². The number of hydrogen-bond donors (Lipinski definition) is 0. The highest BCUT2D eigenvalue weighted by Crippen LogP contribution is 2.39. The van der Waals surface area contributed by atoms with Gasteiger partial charge in [0.1, 0.15) is 0 Å². The minimum Gasteiger partial charge on any atom is -0.493 e. The van der Waals surface area contributed by atoms with Crippen LogP contribution in [0, 0.1) is 0 Å². The van der Waals surface area contributed by atoms with Gasteiger partial charge in [-0.25, -0.2) is 0 Å². The number of benzene rings is 1. The van der Waals surface area contributed by atoms with Crippen LogP contribution in [-0.2, 0) is 0 Å². The molecule has 0 amide bonds. The van der Waals surface area contributed by atoms with E-state index in [-0.39, 0.29) is 0 Å². The highest BCUT2D eigenvalue weighted by molar-refractivity contribution is 5.63. The summed E-state index contributed by atoms with van der Waals surface area (Å²) in [6.07, 6.45) is 7.25. The van der Waals surface area contributed by atoms with Crippen LogP contribution >= 0.6 is 0 Å². The first kappa shape index (κ1) is 12.8. The van der Waals surface area contributed by atoms with E-state index >= 15 is 0 Å². The Bertz CT molecular complexity index is 416. The lowest BCUT2D eigenvalue weighted by Gasteiger charge is -2.13. The quantitative estimate of drug-likeness (QED) is 0.813. The number of methoxy groups -OCH3 is 3. The molecule has 98 valence electrons. The lowest BCUT2D eigenvalue weighted by atomic mass is 10.1. The summed E-state index contributed by atoms with van der Waals surface area (Å²) in [5.41, 5.74) is 2.62. The Morgan fingerprint density at radius 1 is 0.889 bits per heavy atom. The summed E-state index contributed by atoms with van der Waals surface area (Å²) in [5.74, 6) is 2.07. The maximum atomic E-state index is 5.35. The molecule has 1 aromatic carbocycles. The van der Waals surface area contributed by atoms with Gasteiger partial charge in [-0.05, 0) is 43.4 Å². The number of hydrogen-bond acceptors (Lipinski definition) is 3. The minimum absolute atomic E-state index is 0.647. The molecule has 0 N–H and O–H groups in total. The smallest absolute Gasteiger partial charge is 0.203 e. The normalized spacial score (nSPS) is 14.5. The number of ether oxygens (including phenoxy) is 3. The van der Waals surface area contributed by atoms with E-state index in [2.05, 4.69) is 6.08 Å². The predicted octanol–water partition coefficient (Wildman–Crippen LogP) is 3.67. The third kappa shape index (κ3) is 2.61. The van der Waals surface area contributed by atoms with Gasteiger partial charge in [0.25, 0.3) is 0 Å². The molecule has 1 fully saturated rings. The monoisotopic (exact) mass is 248 g/mol. The molecule has 1 saturated carbocycles. The van der Waals surface area contributed by atoms with Crippen LogP contribution in [0.2, 0.25) is 0 Å². The summed E-state index contributed by atoms with van der Waals surface area (Å²) in [4.78, 5) is 0. The summed E-state index contributed by atoms with van der Waals surface area (Å²) >= 11 is 0. The van der Waals surface area contributed by atoms with Crippen LogP contribution < -0.4 is 14.2 Å². The van der Waals surface area contributed by atoms with Crippen molar-refractivity contribution in [2.75, 3.05) is 21.3 Å². The fraction of sp³-hybridized carbons (Fsp3) is 0.467. The first-order valence-electron chi connectivity index (χ1n) is 6.28. The van der Waals surface area contributed by atoms with Gasteiger partial charge in [0.15, 0.2) is 11.5 Å². The molecule has 0 aromatic heterocycles. The van der Waals surface area contributed by atoms with Crippen molar-refractivity contribution in [3.8, 4) is 17.2 Å². The molecule has 0 unspecified atom stereocenters. The Kier molecular flexibility index (Phi) is 4.13. The topological polar surface area (TPSA) is 27.7 Å². The summed E-state index contributed by atoms with van der Waals surface area (Å²) in [5, 5.41) is 0. The van der Waals surface area contributed by atoms with Gasteiger partial charge in [-0.2, -0.15) is 0 Å². The lowest BCUT2D eigenvalue weighted by molar-refractivity contribution is 0.324. The summed E-state index contributed by atoms with van der Waals surface area (Å²) in [6, 6.07) is 3.99. The third-order valence-electron chi connectivity index (χ3n) is 3.30. The Balaban J connectivity index is 2.39. The van der Waals surface area contributed by atoms with Crippen LogP contribution in [0.1, 0.15) is 31.2 Å². The van der Waals surface area contributed by atoms with Crippen LogP contribution in [0.3, 0.4) is 0 Å². The molecule has 0 aliphatic heterocycles. The standard InChI is InChI=1S/C15H20O3/c1-16-13-9-12(8-11-6-4-5-7-11)10-14(17-2)15(13)18-3/h8-10H,4-7H2,1-3H3. The molecular weight excluding hydrogens is 228 g/mol. The zero-order valence-electron chi connectivity index (χ0n) is 11.3. The second-order valence-electron chi connectivity index (χ2n) is 4.47. The van der Waals surface area contributed by atoms with Gasteiger partial charge in [-0.15, -0.1) is 0 Å². The highest BCUT2D eigenvalue weighted by atomic mass is 16.5. The largest absolute Gasteiger partial charge is 0.493 e. The molecule has 0 heterocycles. The van der Waals surface area contributed by atoms with Crippen LogP contribution in [0.25, 0.3) is 6.08 Å². The van der Waals surface area contributed by atoms with E-state index in [1.807, 2.05) is 12.1 Å². The highest BCUT2D eigenvalue weighted by Gasteiger charge is 2.13. The van der Waals surface area contributed by atoms with Gasteiger partial charge in [0.2, 0.25) is 5.75 Å². The third-order valence-corrected chi connectivity index (χ3v) is 3.30. The SMILES string of the molecule is COc1cc(C=C2CCCC2)cc(OC)c1OC. The molecule has 0 saturated heterocycles. The maximum absolute atomic E-state index is 5.35. The number of allylic oxidation sites excluding steroid dienone is 1. The van der Waals surface area contributed by atoms with Gasteiger partial charge in [0.05, 0.1) is 21.3 Å². The zero-order chi connectivity index (χ0) is 13.0. The van der Waals surface area contributed by atoms with E-state index in [1.54, 1.807) is 21.3 Å². The second kappa shape index (κ2) is 5.80. The van der Waals surface area contributed by atoms with Crippen molar-refractivity contribution in [2.45, 2.75) is 25.7 Å². The van der Waals surface area contributed by atoms with Crippen molar-refractivity contribution in [1.82, 2.24) is 0 Å². The average Bonchev–Trinajstić information content (AvgIpc) is 2.90. The lowest BCUT2D eigenvalue weighted by Crippen LogP contribution is -1.95. The van der Waals surface area contributed by atoms with Gasteiger partial charge in [-0.3, -0.25) is 0 Å². The zero-order valence-corrected chi connectivity index (χ0v) is 11.3. The molecule has 0 atom stereocenters. The first-order valence-corrected chi connectivity index (χ1v) is 6.28. The van der Waals surface area contributed by atoms with E-state index in [4.69, 9.17) is 14.2 Å². The van der Waals surface area contributed by atoms with Crippen molar-refractivity contribution in [2.24, 2.45) is 0 Å². The van der Waals surface area contributed by atoms with Crippen molar-refractivity contribution in [1.29, 1.82) is 0 Å². The van der Waals surface area contributed by atoms with Gasteiger partial charge in [0, 0.05) is 0 Å². The molecule has 0 spiro atoms. The maximum Gasteiger partial charge on any atom is 0.203 e. The predicted molar refractivity (Wildman–Crippen MR) is 72.5 cm³/mol. The van der Waals surface area contributed by atoms with E-state index in [9.17, 15) is 0 Å². The first-order chi connectivity index (χ1) is 8.78. The molecule has 1 aliphatic carbocycles. The molecule has 3 heteroatoms. The van der Waals surface area contributed by atoms with Crippen molar-refractivity contribution < 1.29 is 14.2 Å². The van der Waals surface area contributed by atoms with Crippen LogP contribution in [0.5, 0.6) is 17.2 Å². The van der Waals surface area contributed by atoms with E-state index < -0.39 is 0 Å². The molecule has 0 radical (unpaired) electrons. The molecule has 18 heavy (non-hydrogen) atoms. The summed E-state index contributed by atoms with van der Waals surface area (Å²) < 4.78 is 16.0. The Labute approximate surface area is 108 Å². The minimum atomic E-state index is 0.647. The Morgan fingerprint density at radius 3 is 1.89 bits per heavy atom. The molecule has 0 bridgehead atoms. The Hall–Kier alpha value is -1.64. The molecule has 2 rings (SSSR count). The van der Waals surface area contributed by atoms with Crippen LogP contribution in [0.15, 0.2) is 17.7 Å². The fourth-order valence-corrected chi connectivity index (χ4v) is 2.39. The number of rotatable bonds is 4.